The molecule has 2 aromatic heterocycles. The van der Waals surface area contributed by atoms with Crippen LogP contribution in [0.3, 0.4) is 0 Å². The number of benzene rings is 1. The molecule has 0 unspecified atom stereocenters. The third kappa shape index (κ3) is 3.21. The number of nitrogens with zero attached hydrogens (tertiary/aromatic N) is 3. The Morgan fingerprint density at radius 2 is 2.12 bits per heavy atom. The molecule has 0 atom stereocenters. The van der Waals surface area contributed by atoms with E-state index in [4.69, 9.17) is 4.74 Å². The molecule has 0 fully saturated rings. The maximum Gasteiger partial charge on any atom is 0.260 e. The predicted molar refractivity (Wildman–Crippen MR) is 99.2 cm³/mol. The van der Waals surface area contributed by atoms with Crippen LogP contribution in [0.25, 0.3) is 11.5 Å². The van der Waals surface area contributed by atoms with Crippen molar-refractivity contribution in [3.05, 3.63) is 72.1 Å². The zero-order chi connectivity index (χ0) is 17.9. The molecule has 1 aliphatic rings. The number of hydrogen-bond acceptors (Lipinski definition) is 4. The van der Waals surface area contributed by atoms with Crippen LogP contribution in [0.5, 0.6) is 5.75 Å². The molecule has 0 spiro atoms. The Morgan fingerprint density at radius 1 is 1.19 bits per heavy atom. The highest BCUT2D eigenvalue weighted by Crippen LogP contribution is 2.23. The summed E-state index contributed by atoms with van der Waals surface area (Å²) < 4.78 is 7.81. The minimum atomic E-state index is -0.256. The summed E-state index contributed by atoms with van der Waals surface area (Å²) in [6.45, 7) is 3.02. The van der Waals surface area contributed by atoms with Gasteiger partial charge in [-0.2, -0.15) is 0 Å². The van der Waals surface area contributed by atoms with Gasteiger partial charge in [-0.05, 0) is 42.8 Å². The molecule has 3 heterocycles. The van der Waals surface area contributed by atoms with E-state index in [-0.39, 0.29) is 5.91 Å². The average Bonchev–Trinajstić information content (AvgIpc) is 3.09. The highest BCUT2D eigenvalue weighted by atomic mass is 16.5. The first kappa shape index (κ1) is 16.1. The Hall–Kier alpha value is -3.41. The van der Waals surface area contributed by atoms with Gasteiger partial charge in [-0.3, -0.25) is 4.79 Å². The molecule has 1 N–H and O–H groups in total. The van der Waals surface area contributed by atoms with Crippen molar-refractivity contribution in [2.24, 2.45) is 0 Å². The first-order valence-corrected chi connectivity index (χ1v) is 8.39. The van der Waals surface area contributed by atoms with E-state index in [0.717, 1.165) is 11.4 Å². The van der Waals surface area contributed by atoms with Gasteiger partial charge in [0.15, 0.2) is 5.82 Å². The van der Waals surface area contributed by atoms with Gasteiger partial charge in [0.1, 0.15) is 23.9 Å². The number of anilines is 1. The van der Waals surface area contributed by atoms with E-state index in [0.29, 0.717) is 36.0 Å². The minimum absolute atomic E-state index is 0.256. The molecule has 4 rings (SSSR count). The van der Waals surface area contributed by atoms with Crippen molar-refractivity contribution in [1.82, 2.24) is 14.5 Å². The smallest absolute Gasteiger partial charge is 0.260 e. The van der Waals surface area contributed by atoms with Gasteiger partial charge in [0.2, 0.25) is 0 Å². The summed E-state index contributed by atoms with van der Waals surface area (Å²) in [5.41, 5.74) is 2.22. The molecular weight excluding hydrogens is 328 g/mol. The van der Waals surface area contributed by atoms with E-state index in [2.05, 4.69) is 15.3 Å². The molecule has 6 nitrogen and oxygen atoms in total. The van der Waals surface area contributed by atoms with E-state index in [1.54, 1.807) is 18.3 Å². The molecule has 0 radical (unpaired) electrons. The number of ether oxygens (including phenoxy) is 1. The Kier molecular flexibility index (Phi) is 4.23. The Balaban J connectivity index is 1.78. The summed E-state index contributed by atoms with van der Waals surface area (Å²) in [7, 11) is 0. The molecule has 0 aliphatic carbocycles. The number of amides is 1. The Morgan fingerprint density at radius 3 is 3.04 bits per heavy atom. The van der Waals surface area contributed by atoms with Crippen molar-refractivity contribution in [3.8, 4) is 17.3 Å². The maximum absolute atomic E-state index is 12.7. The van der Waals surface area contributed by atoms with Crippen LogP contribution in [0, 0.1) is 6.92 Å². The molecular formula is C20H18N4O2. The first-order chi connectivity index (χ1) is 12.7. The number of rotatable bonds is 0. The van der Waals surface area contributed by atoms with E-state index in [1.165, 1.54) is 0 Å². The highest BCUT2D eigenvalue weighted by Gasteiger charge is 2.15. The third-order valence-corrected chi connectivity index (χ3v) is 4.12. The monoisotopic (exact) mass is 346 g/mol. The number of fused-ring (bicyclic) bond motifs is 5. The van der Waals surface area contributed by atoms with Crippen molar-refractivity contribution >= 4 is 11.7 Å². The summed E-state index contributed by atoms with van der Waals surface area (Å²) >= 11 is 0. The van der Waals surface area contributed by atoms with E-state index < -0.39 is 0 Å². The standard InChI is InChI=1S/C20H18N4O2/c1-14-7-8-15-17(13-14)26-12-3-2-10-24-11-9-21-19(24)16-5-4-6-18(22-16)23-20(15)25/h2-9,11,13H,10,12H2,1H3,(H,22,23,25)/b3-2-. The highest BCUT2D eigenvalue weighted by molar-refractivity contribution is 6.05. The summed E-state index contributed by atoms with van der Waals surface area (Å²) in [5, 5.41) is 2.85. The van der Waals surface area contributed by atoms with Gasteiger partial charge in [0.25, 0.3) is 5.91 Å². The van der Waals surface area contributed by atoms with Gasteiger partial charge in [0.05, 0.1) is 5.56 Å². The second-order valence-electron chi connectivity index (χ2n) is 6.05. The molecule has 3 aromatic rings. The van der Waals surface area contributed by atoms with Gasteiger partial charge >= 0.3 is 0 Å². The molecule has 6 heteroatoms. The Labute approximate surface area is 151 Å². The lowest BCUT2D eigenvalue weighted by atomic mass is 10.1. The fourth-order valence-electron chi connectivity index (χ4n) is 2.83. The summed E-state index contributed by atoms with van der Waals surface area (Å²) in [4.78, 5) is 21.6. The topological polar surface area (TPSA) is 69.0 Å². The first-order valence-electron chi connectivity index (χ1n) is 8.39. The number of pyridine rings is 1. The van der Waals surface area contributed by atoms with Crippen molar-refractivity contribution in [2.75, 3.05) is 11.9 Å². The molecule has 130 valence electrons. The zero-order valence-corrected chi connectivity index (χ0v) is 14.3. The van der Waals surface area contributed by atoms with E-state index in [1.807, 2.05) is 54.1 Å². The number of nitrogens with one attached hydrogen (secondary N) is 1. The normalized spacial score (nSPS) is 15.0. The fourth-order valence-corrected chi connectivity index (χ4v) is 2.83. The van der Waals surface area contributed by atoms with Gasteiger partial charge in [-0.1, -0.05) is 18.2 Å². The largest absolute Gasteiger partial charge is 0.489 e. The molecule has 26 heavy (non-hydrogen) atoms. The fraction of sp³-hybridized carbons (Fsp3) is 0.150. The lowest BCUT2D eigenvalue weighted by Gasteiger charge is -2.13. The van der Waals surface area contributed by atoms with Crippen LogP contribution in [-0.2, 0) is 6.54 Å². The summed E-state index contributed by atoms with van der Waals surface area (Å²) in [6.07, 6.45) is 7.58. The van der Waals surface area contributed by atoms with Crippen molar-refractivity contribution in [1.29, 1.82) is 0 Å². The number of allylic oxidation sites excluding steroid dienone is 1. The van der Waals surface area contributed by atoms with Gasteiger partial charge in [-0.25, -0.2) is 9.97 Å². The van der Waals surface area contributed by atoms with Crippen LogP contribution in [0.15, 0.2) is 60.9 Å². The van der Waals surface area contributed by atoms with E-state index >= 15 is 0 Å². The zero-order valence-electron chi connectivity index (χ0n) is 14.3. The Bertz CT molecular complexity index is 991. The second-order valence-corrected chi connectivity index (χ2v) is 6.05. The van der Waals surface area contributed by atoms with Crippen LogP contribution in [-0.4, -0.2) is 27.0 Å². The summed E-state index contributed by atoms with van der Waals surface area (Å²) in [5.74, 6) is 1.53. The molecule has 0 saturated carbocycles. The van der Waals surface area contributed by atoms with Crippen molar-refractivity contribution < 1.29 is 9.53 Å². The molecule has 2 bridgehead atoms. The van der Waals surface area contributed by atoms with Crippen LogP contribution in [0.1, 0.15) is 15.9 Å². The van der Waals surface area contributed by atoms with E-state index in [9.17, 15) is 4.79 Å². The number of imidazole rings is 1. The number of hydrogen-bond donors (Lipinski definition) is 1. The number of carbonyl (C=O) groups excluding carboxylic acids is 1. The molecule has 1 aliphatic heterocycles. The van der Waals surface area contributed by atoms with Gasteiger partial charge in [-0.15, -0.1) is 0 Å². The SMILES string of the molecule is Cc1ccc2c(c1)OC/C=C\Cn1ccnc1-c1cccc(n1)NC2=O. The van der Waals surface area contributed by atoms with Crippen LogP contribution in [0.2, 0.25) is 0 Å². The maximum atomic E-state index is 12.7. The molecule has 1 amide bonds. The molecule has 1 aromatic carbocycles. The lowest BCUT2D eigenvalue weighted by molar-refractivity contribution is 0.102. The predicted octanol–water partition coefficient (Wildman–Crippen LogP) is 3.45. The van der Waals surface area contributed by atoms with Gasteiger partial charge in [0, 0.05) is 18.9 Å². The lowest BCUT2D eigenvalue weighted by Crippen LogP contribution is -2.15. The number of aryl methyl sites for hydroxylation is 1. The minimum Gasteiger partial charge on any atom is -0.489 e. The summed E-state index contributed by atoms with van der Waals surface area (Å²) in [6, 6.07) is 11.0. The quantitative estimate of drug-likeness (QED) is 0.633. The van der Waals surface area contributed by atoms with Gasteiger partial charge < -0.3 is 14.6 Å². The second kappa shape index (κ2) is 6.84. The number of carbonyl (C=O) groups is 1. The third-order valence-electron chi connectivity index (χ3n) is 4.12. The van der Waals surface area contributed by atoms with Crippen LogP contribution < -0.4 is 10.1 Å². The van der Waals surface area contributed by atoms with Crippen LogP contribution in [0.4, 0.5) is 5.82 Å². The van der Waals surface area contributed by atoms with Crippen molar-refractivity contribution in [2.45, 2.75) is 13.5 Å². The number of aromatic nitrogens is 3. The van der Waals surface area contributed by atoms with Crippen LogP contribution >= 0.6 is 0 Å². The average molecular weight is 346 g/mol. The molecule has 0 saturated heterocycles. The van der Waals surface area contributed by atoms with Crippen molar-refractivity contribution in [3.63, 3.8) is 0 Å².